The molecule has 1 aliphatic rings. The fraction of sp³-hybridized carbons (Fsp3) is 0.103. The molecule has 1 aliphatic heterocycles. The molecule has 1 atom stereocenters. The van der Waals surface area contributed by atoms with Gasteiger partial charge in [0.15, 0.2) is 0 Å². The normalized spacial score (nSPS) is 15.7. The summed E-state index contributed by atoms with van der Waals surface area (Å²) in [6, 6.07) is 21.2. The lowest BCUT2D eigenvalue weighted by Crippen LogP contribution is -2.41. The maximum atomic E-state index is 14.2. The highest BCUT2D eigenvalue weighted by Crippen LogP contribution is 2.44. The molecule has 11 heteroatoms. The summed E-state index contributed by atoms with van der Waals surface area (Å²) in [6.45, 7) is 1.65. The largest absolute Gasteiger partial charge is 0.463 e. The van der Waals surface area contributed by atoms with Crippen LogP contribution in [0, 0.1) is 0 Å². The molecule has 0 amide bonds. The predicted octanol–water partition coefficient (Wildman–Crippen LogP) is 4.12. The number of hydrogen-bond donors (Lipinski definition) is 1. The molecule has 0 bridgehead atoms. The third kappa shape index (κ3) is 4.79. The van der Waals surface area contributed by atoms with Gasteiger partial charge in [-0.2, -0.15) is 0 Å². The Kier molecular flexibility index (Phi) is 7.74. The average Bonchev–Trinajstić information content (AvgIpc) is 3.26. The molecule has 2 heterocycles. The van der Waals surface area contributed by atoms with Crippen LogP contribution in [0.5, 0.6) is 0 Å². The van der Waals surface area contributed by atoms with Crippen LogP contribution in [-0.2, 0) is 19.4 Å². The van der Waals surface area contributed by atoms with Crippen molar-refractivity contribution in [3.63, 3.8) is 0 Å². The lowest BCUT2D eigenvalue weighted by Gasteiger charge is -2.28. The van der Waals surface area contributed by atoms with E-state index in [4.69, 9.17) is 33.7 Å². The van der Waals surface area contributed by atoms with E-state index in [0.29, 0.717) is 16.1 Å². The van der Waals surface area contributed by atoms with E-state index in [-0.39, 0.29) is 42.0 Å². The molecular weight excluding hydrogens is 591 g/mol. The summed E-state index contributed by atoms with van der Waals surface area (Å²) < 4.78 is 35.2. The number of fused-ring (bicyclic) bond motifs is 1. The Bertz CT molecular complexity index is 1960. The minimum absolute atomic E-state index is 0.0196. The molecule has 0 saturated heterocycles. The van der Waals surface area contributed by atoms with Crippen molar-refractivity contribution in [3.05, 3.63) is 124 Å². The van der Waals surface area contributed by atoms with Gasteiger partial charge in [-0.25, -0.2) is 13.2 Å². The second-order valence-electron chi connectivity index (χ2n) is 8.73. The van der Waals surface area contributed by atoms with Crippen molar-refractivity contribution in [2.45, 2.75) is 17.7 Å². The first-order chi connectivity index (χ1) is 19.2. The number of allylic oxidation sites excluding steroid dienone is 1. The Labute approximate surface area is 244 Å². The van der Waals surface area contributed by atoms with Gasteiger partial charge in [-0.15, -0.1) is 11.3 Å². The number of hydrogen-bond acceptors (Lipinski definition) is 7. The summed E-state index contributed by atoms with van der Waals surface area (Å²) in [4.78, 5) is 27.0. The van der Waals surface area contributed by atoms with Crippen LogP contribution in [0.15, 0.2) is 93.5 Å². The van der Waals surface area contributed by atoms with E-state index in [2.05, 4.69) is 0 Å². The number of rotatable bonds is 6. The van der Waals surface area contributed by atoms with Crippen LogP contribution in [0.4, 0.5) is 0 Å². The van der Waals surface area contributed by atoms with Gasteiger partial charge in [0, 0.05) is 10.0 Å². The zero-order valence-electron chi connectivity index (χ0n) is 21.0. The summed E-state index contributed by atoms with van der Waals surface area (Å²) in [6.07, 6.45) is 1.58. The molecule has 1 unspecified atom stereocenters. The second kappa shape index (κ2) is 11.1. The number of aromatic nitrogens is 1. The minimum Gasteiger partial charge on any atom is -0.463 e. The molecule has 0 aliphatic carbocycles. The number of esters is 1. The van der Waals surface area contributed by atoms with Gasteiger partial charge >= 0.3 is 5.97 Å². The summed E-state index contributed by atoms with van der Waals surface area (Å²) in [5.41, 5.74) is 6.83. The van der Waals surface area contributed by atoms with Gasteiger partial charge in [-0.05, 0) is 48.4 Å². The monoisotopic (exact) mass is 612 g/mol. The fourth-order valence-corrected chi connectivity index (χ4v) is 7.85. The van der Waals surface area contributed by atoms with E-state index in [0.717, 1.165) is 15.9 Å². The number of thiazole rings is 1. The van der Waals surface area contributed by atoms with Crippen LogP contribution in [-0.4, -0.2) is 25.6 Å². The lowest BCUT2D eigenvalue weighted by molar-refractivity contribution is -0.136. The van der Waals surface area contributed by atoms with Crippen LogP contribution in [0.1, 0.15) is 24.0 Å². The summed E-state index contributed by atoms with van der Waals surface area (Å²) in [5, 5.41) is 0.635. The van der Waals surface area contributed by atoms with E-state index < -0.39 is 27.3 Å². The molecule has 204 valence electrons. The molecule has 40 heavy (non-hydrogen) atoms. The Hall–Kier alpha value is -3.63. The molecular formula is C29H22Cl2N2O5S2. The molecule has 0 radical (unpaired) electrons. The van der Waals surface area contributed by atoms with Crippen molar-refractivity contribution >= 4 is 67.8 Å². The van der Waals surface area contributed by atoms with Crippen LogP contribution >= 0.6 is 34.5 Å². The molecule has 0 fully saturated rings. The van der Waals surface area contributed by atoms with Gasteiger partial charge in [-0.1, -0.05) is 77.8 Å². The Morgan fingerprint density at radius 1 is 1.00 bits per heavy atom. The molecule has 0 saturated carbocycles. The van der Waals surface area contributed by atoms with Crippen LogP contribution in [0.3, 0.4) is 0 Å². The molecule has 4 aromatic rings. The smallest absolute Gasteiger partial charge is 0.338 e. The fourth-order valence-electron chi connectivity index (χ4n) is 4.57. The first kappa shape index (κ1) is 27.9. The van der Waals surface area contributed by atoms with Gasteiger partial charge in [0.25, 0.3) is 5.56 Å². The summed E-state index contributed by atoms with van der Waals surface area (Å²) in [5.74, 6) is -2.36. The molecule has 0 spiro atoms. The molecule has 3 aromatic carbocycles. The van der Waals surface area contributed by atoms with Crippen molar-refractivity contribution in [2.75, 3.05) is 6.61 Å². The highest BCUT2D eigenvalue weighted by molar-refractivity contribution is 7.95. The summed E-state index contributed by atoms with van der Waals surface area (Å²) in [7, 11) is -4.34. The average molecular weight is 614 g/mol. The second-order valence-corrected chi connectivity index (χ2v) is 12.5. The van der Waals surface area contributed by atoms with Gasteiger partial charge < -0.3 is 10.5 Å². The van der Waals surface area contributed by atoms with Crippen molar-refractivity contribution in [1.82, 2.24) is 4.57 Å². The number of carbonyl (C=O) groups excluding carboxylic acids is 1. The van der Waals surface area contributed by atoms with E-state index in [1.807, 2.05) is 0 Å². The standard InChI is InChI=1S/C29H22Cl2N2O5S2/c1-2-38-29(35)24-23(19-13-7-9-15-21(19)31)25(40(36,37)18-11-4-3-5-12-18)26(32)33-27(34)22(39-28(24)33)16-17-10-6-8-14-20(17)30/h3-16,23H,2,32H2,1H3/b22-16-. The van der Waals surface area contributed by atoms with Gasteiger partial charge in [0.1, 0.15) is 15.4 Å². The maximum Gasteiger partial charge on any atom is 0.338 e. The molecule has 2 N–H and O–H groups in total. The van der Waals surface area contributed by atoms with Crippen molar-refractivity contribution in [2.24, 2.45) is 5.73 Å². The Balaban J connectivity index is 1.96. The lowest BCUT2D eigenvalue weighted by atomic mass is 9.89. The van der Waals surface area contributed by atoms with Crippen LogP contribution in [0.25, 0.3) is 17.5 Å². The van der Waals surface area contributed by atoms with Crippen molar-refractivity contribution < 1.29 is 17.9 Å². The third-order valence-electron chi connectivity index (χ3n) is 6.34. The number of benzene rings is 3. The van der Waals surface area contributed by atoms with Crippen molar-refractivity contribution in [3.8, 4) is 0 Å². The first-order valence-electron chi connectivity index (χ1n) is 12.1. The van der Waals surface area contributed by atoms with E-state index in [1.165, 1.54) is 12.1 Å². The number of nitrogens with zero attached hydrogens (tertiary/aromatic N) is 1. The molecule has 7 nitrogen and oxygen atoms in total. The third-order valence-corrected chi connectivity index (χ3v) is 10.1. The quantitative estimate of drug-likeness (QED) is 0.328. The molecule has 1 aromatic heterocycles. The number of nitrogens with two attached hydrogens (primary N) is 1. The maximum absolute atomic E-state index is 14.2. The highest BCUT2D eigenvalue weighted by Gasteiger charge is 2.43. The zero-order chi connectivity index (χ0) is 28.6. The Morgan fingerprint density at radius 3 is 2.27 bits per heavy atom. The molecule has 5 rings (SSSR count). The SMILES string of the molecule is CCOC(=O)C1=c2s/c(=C\c3ccccc3Cl)c(=O)n2C(N)=C(S(=O)(=O)c2ccccc2)C1c1ccccc1Cl. The van der Waals surface area contributed by atoms with E-state index in [9.17, 15) is 18.0 Å². The topological polar surface area (TPSA) is 108 Å². The van der Waals surface area contributed by atoms with E-state index >= 15 is 0 Å². The van der Waals surface area contributed by atoms with Crippen LogP contribution < -0.4 is 20.5 Å². The van der Waals surface area contributed by atoms with Crippen molar-refractivity contribution in [1.29, 1.82) is 0 Å². The van der Waals surface area contributed by atoms with Gasteiger partial charge in [-0.3, -0.25) is 9.36 Å². The van der Waals surface area contributed by atoms with Gasteiger partial charge in [0.05, 0.1) is 27.5 Å². The number of carbonyl (C=O) groups is 1. The number of halogens is 2. The summed E-state index contributed by atoms with van der Waals surface area (Å²) >= 11 is 13.9. The van der Waals surface area contributed by atoms with Crippen LogP contribution in [0.2, 0.25) is 10.0 Å². The number of ether oxygens (including phenoxy) is 1. The number of sulfone groups is 1. The van der Waals surface area contributed by atoms with Gasteiger partial charge in [0.2, 0.25) is 9.84 Å². The first-order valence-corrected chi connectivity index (χ1v) is 15.2. The predicted molar refractivity (Wildman–Crippen MR) is 158 cm³/mol. The van der Waals surface area contributed by atoms with E-state index in [1.54, 1.807) is 79.7 Å². The zero-order valence-corrected chi connectivity index (χ0v) is 24.2. The Morgan fingerprint density at radius 2 is 1.62 bits per heavy atom. The highest BCUT2D eigenvalue weighted by atomic mass is 35.5. The minimum atomic E-state index is -4.34.